The summed E-state index contributed by atoms with van der Waals surface area (Å²) < 4.78 is 40.5. The maximum Gasteiger partial charge on any atom is 0.272 e. The van der Waals surface area contributed by atoms with E-state index in [9.17, 15) is 22.9 Å². The zero-order valence-electron chi connectivity index (χ0n) is 10.3. The number of anilines is 1. The molecular weight excluding hydrogens is 367 g/mol. The highest BCUT2D eigenvalue weighted by Crippen LogP contribution is 2.23. The molecule has 0 aliphatic heterocycles. The van der Waals surface area contributed by atoms with Gasteiger partial charge in [0.05, 0.1) is 21.6 Å². The number of nitro benzene ring substituents is 1. The van der Waals surface area contributed by atoms with Crippen LogP contribution in [0.15, 0.2) is 51.8 Å². The molecular formula is C12H8BrFN2O4S. The lowest BCUT2D eigenvalue weighted by Crippen LogP contribution is -2.14. The maximum absolute atomic E-state index is 13.7. The van der Waals surface area contributed by atoms with Gasteiger partial charge in [0.2, 0.25) is 0 Å². The molecule has 0 bridgehead atoms. The number of halogens is 2. The lowest BCUT2D eigenvalue weighted by Gasteiger charge is -2.08. The number of benzene rings is 2. The summed E-state index contributed by atoms with van der Waals surface area (Å²) in [4.78, 5) is 9.68. The van der Waals surface area contributed by atoms with Gasteiger partial charge in [-0.05, 0) is 30.3 Å². The topological polar surface area (TPSA) is 89.3 Å². The molecule has 2 rings (SSSR count). The number of hydrogen-bond acceptors (Lipinski definition) is 4. The minimum Gasteiger partial charge on any atom is -0.277 e. The molecule has 0 aromatic heterocycles. The first kappa shape index (κ1) is 15.4. The summed E-state index contributed by atoms with van der Waals surface area (Å²) in [5.74, 6) is -1.02. The molecule has 110 valence electrons. The van der Waals surface area contributed by atoms with Gasteiger partial charge in [0.15, 0.2) is 5.82 Å². The molecule has 0 heterocycles. The van der Waals surface area contributed by atoms with Gasteiger partial charge >= 0.3 is 0 Å². The van der Waals surface area contributed by atoms with Crippen molar-refractivity contribution in [3.63, 3.8) is 0 Å². The van der Waals surface area contributed by atoms with E-state index in [1.807, 2.05) is 4.72 Å². The van der Waals surface area contributed by atoms with Gasteiger partial charge in [-0.15, -0.1) is 0 Å². The van der Waals surface area contributed by atoms with Crippen LogP contribution in [0.25, 0.3) is 0 Å². The summed E-state index contributed by atoms with van der Waals surface area (Å²) in [6, 6.07) is 8.42. The SMILES string of the molecule is O=[N+]([O-])c1ccc(NS(=O)(=O)c2ccc(Br)cc2)c(F)c1. The zero-order valence-corrected chi connectivity index (χ0v) is 12.7. The van der Waals surface area contributed by atoms with Crippen molar-refractivity contribution in [2.24, 2.45) is 0 Å². The fourth-order valence-electron chi connectivity index (χ4n) is 1.52. The van der Waals surface area contributed by atoms with E-state index in [-0.39, 0.29) is 10.6 Å². The Hall–Kier alpha value is -2.00. The Morgan fingerprint density at radius 2 is 1.76 bits per heavy atom. The van der Waals surface area contributed by atoms with Crippen molar-refractivity contribution in [2.75, 3.05) is 4.72 Å². The average molecular weight is 375 g/mol. The van der Waals surface area contributed by atoms with Crippen LogP contribution in [0.4, 0.5) is 15.8 Å². The van der Waals surface area contributed by atoms with Crippen LogP contribution in [-0.4, -0.2) is 13.3 Å². The van der Waals surface area contributed by atoms with Gasteiger partial charge in [-0.2, -0.15) is 0 Å². The molecule has 0 aliphatic carbocycles. The molecule has 0 atom stereocenters. The van der Waals surface area contributed by atoms with Crippen LogP contribution in [-0.2, 0) is 10.0 Å². The lowest BCUT2D eigenvalue weighted by atomic mass is 10.3. The Labute approximate surface area is 127 Å². The number of hydrogen-bond donors (Lipinski definition) is 1. The molecule has 0 fully saturated rings. The lowest BCUT2D eigenvalue weighted by molar-refractivity contribution is -0.385. The average Bonchev–Trinajstić information content (AvgIpc) is 2.41. The standard InChI is InChI=1S/C12H8BrFN2O4S/c13-8-1-4-10(5-2-8)21(19,20)15-12-6-3-9(16(17)18)7-11(12)14/h1-7,15H. The normalized spacial score (nSPS) is 11.1. The highest BCUT2D eigenvalue weighted by atomic mass is 79.9. The molecule has 9 heteroatoms. The summed E-state index contributed by atoms with van der Waals surface area (Å²) >= 11 is 3.17. The van der Waals surface area contributed by atoms with Crippen LogP contribution in [0.2, 0.25) is 0 Å². The van der Waals surface area contributed by atoms with Gasteiger partial charge < -0.3 is 0 Å². The fraction of sp³-hybridized carbons (Fsp3) is 0. The van der Waals surface area contributed by atoms with E-state index in [2.05, 4.69) is 15.9 Å². The Morgan fingerprint density at radius 3 is 2.29 bits per heavy atom. The van der Waals surface area contributed by atoms with E-state index >= 15 is 0 Å². The van der Waals surface area contributed by atoms with Crippen LogP contribution in [0, 0.1) is 15.9 Å². The van der Waals surface area contributed by atoms with Crippen molar-refractivity contribution in [3.8, 4) is 0 Å². The van der Waals surface area contributed by atoms with Crippen molar-refractivity contribution < 1.29 is 17.7 Å². The second kappa shape index (κ2) is 5.78. The molecule has 2 aromatic rings. The number of sulfonamides is 1. The van der Waals surface area contributed by atoms with Gasteiger partial charge in [-0.25, -0.2) is 12.8 Å². The summed E-state index contributed by atoms with van der Waals surface area (Å²) in [7, 11) is -3.97. The first-order valence-corrected chi connectivity index (χ1v) is 7.79. The second-order valence-corrected chi connectivity index (χ2v) is 6.58. The third-order valence-corrected chi connectivity index (χ3v) is 4.44. The Bertz CT molecular complexity index is 793. The quantitative estimate of drug-likeness (QED) is 0.656. The fourth-order valence-corrected chi connectivity index (χ4v) is 2.85. The van der Waals surface area contributed by atoms with E-state index in [0.717, 1.165) is 12.1 Å². The van der Waals surface area contributed by atoms with Crippen molar-refractivity contribution in [3.05, 3.63) is 62.9 Å². The molecule has 0 spiro atoms. The summed E-state index contributed by atoms with van der Waals surface area (Å²) in [6.07, 6.45) is 0. The van der Waals surface area contributed by atoms with E-state index in [4.69, 9.17) is 0 Å². The molecule has 0 radical (unpaired) electrons. The zero-order chi connectivity index (χ0) is 15.6. The van der Waals surface area contributed by atoms with Crippen LogP contribution < -0.4 is 4.72 Å². The number of non-ortho nitro benzene ring substituents is 1. The molecule has 6 nitrogen and oxygen atoms in total. The summed E-state index contributed by atoms with van der Waals surface area (Å²) in [5.41, 5.74) is -0.817. The predicted octanol–water partition coefficient (Wildman–Crippen LogP) is 3.30. The Morgan fingerprint density at radius 1 is 1.14 bits per heavy atom. The monoisotopic (exact) mass is 374 g/mol. The molecule has 1 N–H and O–H groups in total. The van der Waals surface area contributed by atoms with Gasteiger partial charge in [0, 0.05) is 10.5 Å². The minimum atomic E-state index is -3.97. The third kappa shape index (κ3) is 3.56. The van der Waals surface area contributed by atoms with Crippen molar-refractivity contribution in [1.82, 2.24) is 0 Å². The molecule has 21 heavy (non-hydrogen) atoms. The number of nitrogens with zero attached hydrogens (tertiary/aromatic N) is 1. The molecule has 0 saturated carbocycles. The number of nitrogens with one attached hydrogen (secondary N) is 1. The number of rotatable bonds is 4. The first-order valence-electron chi connectivity index (χ1n) is 5.52. The van der Waals surface area contributed by atoms with Gasteiger partial charge in [-0.3, -0.25) is 14.8 Å². The highest BCUT2D eigenvalue weighted by Gasteiger charge is 2.18. The second-order valence-electron chi connectivity index (χ2n) is 3.98. The van der Waals surface area contributed by atoms with Gasteiger partial charge in [0.1, 0.15) is 0 Å². The molecule has 0 unspecified atom stereocenters. The number of nitro groups is 1. The molecule has 0 saturated heterocycles. The van der Waals surface area contributed by atoms with Crippen molar-refractivity contribution >= 4 is 37.3 Å². The first-order chi connectivity index (χ1) is 9.79. The minimum absolute atomic E-state index is 0.0524. The summed E-state index contributed by atoms with van der Waals surface area (Å²) in [6.45, 7) is 0. The summed E-state index contributed by atoms with van der Waals surface area (Å²) in [5, 5.41) is 10.5. The van der Waals surface area contributed by atoms with Crippen LogP contribution in [0.1, 0.15) is 0 Å². The predicted molar refractivity (Wildman–Crippen MR) is 78.0 cm³/mol. The smallest absolute Gasteiger partial charge is 0.272 e. The van der Waals surface area contributed by atoms with E-state index < -0.39 is 26.5 Å². The maximum atomic E-state index is 13.7. The van der Waals surface area contributed by atoms with Crippen molar-refractivity contribution in [1.29, 1.82) is 0 Å². The van der Waals surface area contributed by atoms with E-state index in [1.54, 1.807) is 0 Å². The molecule has 0 amide bonds. The largest absolute Gasteiger partial charge is 0.277 e. The van der Waals surface area contributed by atoms with E-state index in [1.165, 1.54) is 24.3 Å². The molecule has 0 aliphatic rings. The van der Waals surface area contributed by atoms with Crippen LogP contribution >= 0.6 is 15.9 Å². The van der Waals surface area contributed by atoms with Crippen LogP contribution in [0.5, 0.6) is 0 Å². The highest BCUT2D eigenvalue weighted by molar-refractivity contribution is 9.10. The van der Waals surface area contributed by atoms with Crippen molar-refractivity contribution in [2.45, 2.75) is 4.90 Å². The van der Waals surface area contributed by atoms with E-state index in [0.29, 0.717) is 10.5 Å². The van der Waals surface area contributed by atoms with Crippen LogP contribution in [0.3, 0.4) is 0 Å². The third-order valence-electron chi connectivity index (χ3n) is 2.53. The molecule has 2 aromatic carbocycles. The van der Waals surface area contributed by atoms with Gasteiger partial charge in [-0.1, -0.05) is 15.9 Å². The van der Waals surface area contributed by atoms with Gasteiger partial charge in [0.25, 0.3) is 15.7 Å². The Balaban J connectivity index is 2.32. The Kier molecular flexibility index (Phi) is 4.24.